The average molecular weight is 261 g/mol. The Hall–Kier alpha value is -0.830. The van der Waals surface area contributed by atoms with E-state index in [9.17, 15) is 0 Å². The zero-order valence-electron chi connectivity index (χ0n) is 12.6. The summed E-state index contributed by atoms with van der Waals surface area (Å²) in [6.45, 7) is 8.35. The van der Waals surface area contributed by atoms with Gasteiger partial charge in [0.2, 0.25) is 0 Å². The molecule has 1 aromatic rings. The van der Waals surface area contributed by atoms with Gasteiger partial charge in [0.15, 0.2) is 0 Å². The van der Waals surface area contributed by atoms with E-state index in [0.717, 1.165) is 11.8 Å². The lowest BCUT2D eigenvalue weighted by Crippen LogP contribution is -2.31. The minimum Gasteiger partial charge on any atom is -0.332 e. The van der Waals surface area contributed by atoms with Crippen molar-refractivity contribution in [1.82, 2.24) is 14.5 Å². The third-order valence-corrected chi connectivity index (χ3v) is 5.19. The SMILES string of the molecule is CC(C)C1CCn2c(cnc2C2CCN(C)CC2)C1. The van der Waals surface area contributed by atoms with E-state index < -0.39 is 0 Å². The Morgan fingerprint density at radius 3 is 2.58 bits per heavy atom. The molecule has 1 atom stereocenters. The van der Waals surface area contributed by atoms with Crippen molar-refractivity contribution in [3.05, 3.63) is 17.7 Å². The minimum absolute atomic E-state index is 0.695. The van der Waals surface area contributed by atoms with E-state index in [4.69, 9.17) is 4.98 Å². The zero-order chi connectivity index (χ0) is 13.4. The summed E-state index contributed by atoms with van der Waals surface area (Å²) >= 11 is 0. The smallest absolute Gasteiger partial charge is 0.112 e. The number of nitrogens with zero attached hydrogens (tertiary/aromatic N) is 3. The van der Waals surface area contributed by atoms with Crippen molar-refractivity contribution in [3.63, 3.8) is 0 Å². The largest absolute Gasteiger partial charge is 0.332 e. The lowest BCUT2D eigenvalue weighted by atomic mass is 9.86. The van der Waals surface area contributed by atoms with Gasteiger partial charge in [-0.25, -0.2) is 4.98 Å². The molecule has 1 fully saturated rings. The van der Waals surface area contributed by atoms with E-state index >= 15 is 0 Å². The molecule has 3 nitrogen and oxygen atoms in total. The van der Waals surface area contributed by atoms with E-state index in [1.165, 1.54) is 56.8 Å². The molecule has 0 spiro atoms. The Labute approximate surface area is 117 Å². The predicted octanol–water partition coefficient (Wildman–Crippen LogP) is 2.91. The number of fused-ring (bicyclic) bond motifs is 1. The van der Waals surface area contributed by atoms with Crippen molar-refractivity contribution in [3.8, 4) is 0 Å². The third-order valence-electron chi connectivity index (χ3n) is 5.19. The molecule has 0 amide bonds. The molecule has 3 rings (SSSR count). The fourth-order valence-electron chi connectivity index (χ4n) is 3.68. The molecule has 1 saturated heterocycles. The molecule has 2 aliphatic rings. The fourth-order valence-corrected chi connectivity index (χ4v) is 3.68. The molecule has 1 unspecified atom stereocenters. The normalized spacial score (nSPS) is 25.8. The molecule has 0 bridgehead atoms. The van der Waals surface area contributed by atoms with Crippen molar-refractivity contribution >= 4 is 0 Å². The Bertz CT molecular complexity index is 427. The second-order valence-electron chi connectivity index (χ2n) is 6.83. The maximum Gasteiger partial charge on any atom is 0.112 e. The number of hydrogen-bond acceptors (Lipinski definition) is 2. The molecule has 106 valence electrons. The van der Waals surface area contributed by atoms with E-state index in [1.807, 2.05) is 0 Å². The summed E-state index contributed by atoms with van der Waals surface area (Å²) in [6.07, 6.45) is 7.28. The molecule has 3 heterocycles. The lowest BCUT2D eigenvalue weighted by Gasteiger charge is -2.32. The summed E-state index contributed by atoms with van der Waals surface area (Å²) in [5.41, 5.74) is 1.49. The number of piperidine rings is 1. The van der Waals surface area contributed by atoms with E-state index in [2.05, 4.69) is 36.6 Å². The number of aromatic nitrogens is 2. The van der Waals surface area contributed by atoms with Crippen LogP contribution in [0.1, 0.15) is 50.5 Å². The van der Waals surface area contributed by atoms with Gasteiger partial charge < -0.3 is 9.47 Å². The molecular formula is C16H27N3. The maximum atomic E-state index is 4.78. The van der Waals surface area contributed by atoms with Crippen LogP contribution in [0.3, 0.4) is 0 Å². The van der Waals surface area contributed by atoms with E-state index in [1.54, 1.807) is 0 Å². The van der Waals surface area contributed by atoms with Gasteiger partial charge in [-0.15, -0.1) is 0 Å². The molecule has 0 aromatic carbocycles. The van der Waals surface area contributed by atoms with Gasteiger partial charge in [-0.1, -0.05) is 13.8 Å². The summed E-state index contributed by atoms with van der Waals surface area (Å²) in [6, 6.07) is 0. The van der Waals surface area contributed by atoms with Crippen LogP contribution in [0.4, 0.5) is 0 Å². The van der Waals surface area contributed by atoms with Crippen LogP contribution in [0.5, 0.6) is 0 Å². The Morgan fingerprint density at radius 2 is 1.89 bits per heavy atom. The van der Waals surface area contributed by atoms with Gasteiger partial charge in [0.1, 0.15) is 5.82 Å². The minimum atomic E-state index is 0.695. The van der Waals surface area contributed by atoms with Crippen LogP contribution in [-0.4, -0.2) is 34.6 Å². The van der Waals surface area contributed by atoms with Crippen LogP contribution < -0.4 is 0 Å². The summed E-state index contributed by atoms with van der Waals surface area (Å²) in [5, 5.41) is 0. The summed E-state index contributed by atoms with van der Waals surface area (Å²) in [4.78, 5) is 7.22. The van der Waals surface area contributed by atoms with E-state index in [-0.39, 0.29) is 0 Å². The number of likely N-dealkylation sites (tertiary alicyclic amines) is 1. The van der Waals surface area contributed by atoms with Crippen LogP contribution in [0.2, 0.25) is 0 Å². The standard InChI is InChI=1S/C16H27N3/c1-12(2)14-6-9-19-15(10-14)11-17-16(19)13-4-7-18(3)8-5-13/h11-14H,4-10H2,1-3H3. The van der Waals surface area contributed by atoms with Crippen LogP contribution in [0.15, 0.2) is 6.20 Å². The summed E-state index contributed by atoms with van der Waals surface area (Å²) < 4.78 is 2.54. The van der Waals surface area contributed by atoms with Crippen LogP contribution in [0, 0.1) is 11.8 Å². The van der Waals surface area contributed by atoms with Crippen molar-refractivity contribution in [2.75, 3.05) is 20.1 Å². The van der Waals surface area contributed by atoms with Gasteiger partial charge in [0.05, 0.1) is 0 Å². The summed E-state index contributed by atoms with van der Waals surface area (Å²) in [7, 11) is 2.23. The predicted molar refractivity (Wildman–Crippen MR) is 78.3 cm³/mol. The quantitative estimate of drug-likeness (QED) is 0.816. The molecule has 19 heavy (non-hydrogen) atoms. The van der Waals surface area contributed by atoms with Gasteiger partial charge in [-0.2, -0.15) is 0 Å². The Morgan fingerprint density at radius 1 is 1.16 bits per heavy atom. The third kappa shape index (κ3) is 2.58. The molecule has 2 aliphatic heterocycles. The van der Waals surface area contributed by atoms with Gasteiger partial charge in [0, 0.05) is 24.4 Å². The first-order chi connectivity index (χ1) is 9.15. The fraction of sp³-hybridized carbons (Fsp3) is 0.812. The van der Waals surface area contributed by atoms with Crippen molar-refractivity contribution in [2.45, 2.75) is 52.0 Å². The van der Waals surface area contributed by atoms with Gasteiger partial charge in [-0.05, 0) is 57.7 Å². The first-order valence-electron chi connectivity index (χ1n) is 7.88. The lowest BCUT2D eigenvalue weighted by molar-refractivity contribution is 0.243. The summed E-state index contributed by atoms with van der Waals surface area (Å²) in [5.74, 6) is 3.73. The van der Waals surface area contributed by atoms with Crippen molar-refractivity contribution < 1.29 is 0 Å². The van der Waals surface area contributed by atoms with Gasteiger partial charge in [0.25, 0.3) is 0 Å². The Balaban J connectivity index is 1.75. The molecule has 0 aliphatic carbocycles. The first-order valence-corrected chi connectivity index (χ1v) is 7.88. The van der Waals surface area contributed by atoms with Crippen LogP contribution in [0.25, 0.3) is 0 Å². The molecule has 0 radical (unpaired) electrons. The average Bonchev–Trinajstić information content (AvgIpc) is 2.82. The van der Waals surface area contributed by atoms with Crippen LogP contribution >= 0.6 is 0 Å². The molecule has 1 aromatic heterocycles. The Kier molecular flexibility index (Phi) is 3.66. The second-order valence-corrected chi connectivity index (χ2v) is 6.83. The van der Waals surface area contributed by atoms with E-state index in [0.29, 0.717) is 5.92 Å². The monoisotopic (exact) mass is 261 g/mol. The maximum absolute atomic E-state index is 4.78. The van der Waals surface area contributed by atoms with Crippen molar-refractivity contribution in [1.29, 1.82) is 0 Å². The first kappa shape index (κ1) is 13.2. The molecule has 0 saturated carbocycles. The van der Waals surface area contributed by atoms with Crippen LogP contribution in [-0.2, 0) is 13.0 Å². The molecular weight excluding hydrogens is 234 g/mol. The van der Waals surface area contributed by atoms with Gasteiger partial charge in [-0.3, -0.25) is 0 Å². The number of imidazole rings is 1. The molecule has 3 heteroatoms. The zero-order valence-corrected chi connectivity index (χ0v) is 12.6. The molecule has 0 N–H and O–H groups in total. The highest BCUT2D eigenvalue weighted by molar-refractivity contribution is 5.13. The highest BCUT2D eigenvalue weighted by Gasteiger charge is 2.28. The number of rotatable bonds is 2. The number of hydrogen-bond donors (Lipinski definition) is 0. The highest BCUT2D eigenvalue weighted by atomic mass is 15.1. The van der Waals surface area contributed by atoms with Crippen molar-refractivity contribution in [2.24, 2.45) is 11.8 Å². The van der Waals surface area contributed by atoms with Gasteiger partial charge >= 0.3 is 0 Å². The second kappa shape index (κ2) is 5.28. The highest BCUT2D eigenvalue weighted by Crippen LogP contribution is 2.32. The topological polar surface area (TPSA) is 21.1 Å².